The highest BCUT2D eigenvalue weighted by Crippen LogP contribution is 2.28. The van der Waals surface area contributed by atoms with E-state index in [0.29, 0.717) is 16.8 Å². The molecule has 2 aromatic heterocycles. The van der Waals surface area contributed by atoms with Gasteiger partial charge in [0.05, 0.1) is 23.9 Å². The first-order valence-electron chi connectivity index (χ1n) is 9.38. The van der Waals surface area contributed by atoms with E-state index >= 15 is 0 Å². The Labute approximate surface area is 171 Å². The van der Waals surface area contributed by atoms with Gasteiger partial charge in [-0.25, -0.2) is 0 Å². The van der Waals surface area contributed by atoms with Gasteiger partial charge in [-0.3, -0.25) is 9.89 Å². The maximum Gasteiger partial charge on any atom is 0.248 e. The van der Waals surface area contributed by atoms with Gasteiger partial charge in [0.1, 0.15) is 30.5 Å². The second-order valence-corrected chi connectivity index (χ2v) is 7.24. The molecule has 6 N–H and O–H groups in total. The number of aromatic nitrogens is 3. The summed E-state index contributed by atoms with van der Waals surface area (Å²) in [6.07, 6.45) is -4.83. The molecule has 0 saturated carbocycles. The van der Waals surface area contributed by atoms with Crippen LogP contribution in [0.5, 0.6) is 0 Å². The van der Waals surface area contributed by atoms with Gasteiger partial charge < -0.3 is 30.1 Å². The lowest BCUT2D eigenvalue weighted by Crippen LogP contribution is -2.58. The normalized spacial score (nSPS) is 26.4. The van der Waals surface area contributed by atoms with Gasteiger partial charge in [0.25, 0.3) is 0 Å². The zero-order valence-electron chi connectivity index (χ0n) is 16.0. The number of ether oxygens (including phenoxy) is 1. The fourth-order valence-electron chi connectivity index (χ4n) is 3.57. The Bertz CT molecular complexity index is 1190. The first kappa shape index (κ1) is 20.3. The number of hydrogen-bond acceptors (Lipinski definition) is 7. The maximum absolute atomic E-state index is 11.5. The third-order valence-corrected chi connectivity index (χ3v) is 5.22. The highest BCUT2D eigenvalue weighted by atomic mass is 16.5. The van der Waals surface area contributed by atoms with Crippen LogP contribution < -0.4 is 5.56 Å². The van der Waals surface area contributed by atoms with Crippen LogP contribution in [0.2, 0.25) is 0 Å². The molecule has 9 heteroatoms. The molecule has 0 bridgehead atoms. The summed E-state index contributed by atoms with van der Waals surface area (Å²) in [7, 11) is 0. The van der Waals surface area contributed by atoms with Gasteiger partial charge in [-0.2, -0.15) is 5.10 Å². The number of pyridine rings is 1. The van der Waals surface area contributed by atoms with Crippen LogP contribution in [0.25, 0.3) is 22.0 Å². The van der Waals surface area contributed by atoms with E-state index in [0.717, 1.165) is 16.5 Å². The fraction of sp³-hybridized carbons (Fsp3) is 0.333. The van der Waals surface area contributed by atoms with E-state index in [9.17, 15) is 25.2 Å². The molecule has 3 aromatic rings. The Morgan fingerprint density at radius 1 is 1.17 bits per heavy atom. The molecular weight excluding hydrogens is 390 g/mol. The van der Waals surface area contributed by atoms with E-state index in [-0.39, 0.29) is 5.56 Å². The quantitative estimate of drug-likeness (QED) is 0.309. The highest BCUT2D eigenvalue weighted by Gasteiger charge is 2.42. The number of nitrogens with zero attached hydrogens (tertiary/aromatic N) is 1. The molecule has 1 aliphatic rings. The van der Waals surface area contributed by atoms with Crippen molar-refractivity contribution >= 4 is 10.9 Å². The molecule has 1 saturated heterocycles. The summed E-state index contributed by atoms with van der Waals surface area (Å²) in [6.45, 7) is 1.28. The highest BCUT2D eigenvalue weighted by molar-refractivity contribution is 5.89. The molecule has 9 nitrogen and oxygen atoms in total. The molecule has 156 valence electrons. The average Bonchev–Trinajstić information content (AvgIpc) is 3.20. The number of benzene rings is 1. The van der Waals surface area contributed by atoms with Gasteiger partial charge in [0, 0.05) is 22.7 Å². The van der Waals surface area contributed by atoms with Crippen molar-refractivity contribution in [1.29, 1.82) is 0 Å². The number of aliphatic hydroxyl groups excluding tert-OH is 4. The molecule has 1 aromatic carbocycles. The van der Waals surface area contributed by atoms with Gasteiger partial charge in [0.2, 0.25) is 5.56 Å². The molecular formula is C21H21N3O6. The predicted octanol–water partition coefficient (Wildman–Crippen LogP) is -0.579. The lowest BCUT2D eigenvalue weighted by atomic mass is 9.95. The van der Waals surface area contributed by atoms with Crippen LogP contribution in [0.1, 0.15) is 11.3 Å². The number of fused-ring (bicyclic) bond motifs is 1. The minimum absolute atomic E-state index is 0.191. The number of rotatable bonds is 2. The summed E-state index contributed by atoms with van der Waals surface area (Å²) in [4.78, 5) is 14.3. The fourth-order valence-corrected chi connectivity index (χ4v) is 3.57. The summed E-state index contributed by atoms with van der Waals surface area (Å²) < 4.78 is 5.44. The zero-order chi connectivity index (χ0) is 21.4. The monoisotopic (exact) mass is 411 g/mol. The van der Waals surface area contributed by atoms with Crippen LogP contribution in [-0.4, -0.2) is 72.7 Å². The Morgan fingerprint density at radius 3 is 2.70 bits per heavy atom. The number of nitrogens with one attached hydrogen (secondary N) is 2. The molecule has 1 aliphatic heterocycles. The number of aliphatic hydroxyl groups is 4. The molecule has 0 aliphatic carbocycles. The largest absolute Gasteiger partial charge is 0.394 e. The molecule has 0 unspecified atom stereocenters. The van der Waals surface area contributed by atoms with Crippen molar-refractivity contribution in [3.8, 4) is 23.0 Å². The SMILES string of the molecule is Cc1[nH]c(=O)ccc1-c1cc(C#C[C@H]2O[C@H](CO)[C@@H](O)[C@H](O)[C@@H]2O)c2[nH]ncc2c1. The maximum atomic E-state index is 11.5. The van der Waals surface area contributed by atoms with Gasteiger partial charge in [-0.15, -0.1) is 0 Å². The molecule has 0 spiro atoms. The minimum Gasteiger partial charge on any atom is -0.394 e. The third-order valence-electron chi connectivity index (χ3n) is 5.22. The Hall–Kier alpha value is -3.00. The molecule has 0 amide bonds. The predicted molar refractivity (Wildman–Crippen MR) is 108 cm³/mol. The van der Waals surface area contributed by atoms with Crippen molar-refractivity contribution in [2.75, 3.05) is 6.61 Å². The summed E-state index contributed by atoms with van der Waals surface area (Å²) in [5.74, 6) is 5.72. The number of aromatic amines is 2. The van der Waals surface area contributed by atoms with Crippen LogP contribution in [0.3, 0.4) is 0 Å². The topological polar surface area (TPSA) is 152 Å². The van der Waals surface area contributed by atoms with Crippen molar-refractivity contribution in [2.24, 2.45) is 0 Å². The number of H-pyrrole nitrogens is 2. The first-order chi connectivity index (χ1) is 14.4. The van der Waals surface area contributed by atoms with E-state index in [1.54, 1.807) is 19.2 Å². The Balaban J connectivity index is 1.75. The van der Waals surface area contributed by atoms with Crippen LogP contribution in [0, 0.1) is 18.8 Å². The third kappa shape index (κ3) is 3.63. The Kier molecular flexibility index (Phi) is 5.42. The van der Waals surface area contributed by atoms with E-state index in [4.69, 9.17) is 4.74 Å². The van der Waals surface area contributed by atoms with Crippen LogP contribution in [-0.2, 0) is 4.74 Å². The Morgan fingerprint density at radius 2 is 1.97 bits per heavy atom. The van der Waals surface area contributed by atoms with Gasteiger partial charge >= 0.3 is 0 Å². The molecule has 1 fully saturated rings. The molecule has 0 radical (unpaired) electrons. The molecule has 5 atom stereocenters. The lowest BCUT2D eigenvalue weighted by molar-refractivity contribution is -0.214. The second kappa shape index (κ2) is 8.02. The second-order valence-electron chi connectivity index (χ2n) is 7.24. The van der Waals surface area contributed by atoms with Crippen LogP contribution in [0.4, 0.5) is 0 Å². The molecule has 4 rings (SSSR count). The summed E-state index contributed by atoms with van der Waals surface area (Å²) in [6, 6.07) is 6.90. The van der Waals surface area contributed by atoms with E-state index < -0.39 is 37.1 Å². The van der Waals surface area contributed by atoms with Gasteiger partial charge in [0.15, 0.2) is 0 Å². The van der Waals surface area contributed by atoms with E-state index in [2.05, 4.69) is 27.0 Å². The molecule has 30 heavy (non-hydrogen) atoms. The smallest absolute Gasteiger partial charge is 0.248 e. The summed E-state index contributed by atoms with van der Waals surface area (Å²) in [5.41, 5.74) is 3.41. The van der Waals surface area contributed by atoms with E-state index in [1.165, 1.54) is 6.07 Å². The first-order valence-corrected chi connectivity index (χ1v) is 9.38. The zero-order valence-corrected chi connectivity index (χ0v) is 16.0. The van der Waals surface area contributed by atoms with Crippen molar-refractivity contribution in [2.45, 2.75) is 37.4 Å². The average molecular weight is 411 g/mol. The van der Waals surface area contributed by atoms with Crippen molar-refractivity contribution in [3.63, 3.8) is 0 Å². The number of hydrogen-bond donors (Lipinski definition) is 6. The van der Waals surface area contributed by atoms with Gasteiger partial charge in [-0.05, 0) is 30.7 Å². The van der Waals surface area contributed by atoms with Gasteiger partial charge in [-0.1, -0.05) is 11.8 Å². The van der Waals surface area contributed by atoms with Crippen LogP contribution in [0.15, 0.2) is 35.3 Å². The minimum atomic E-state index is -1.49. The lowest BCUT2D eigenvalue weighted by Gasteiger charge is -2.37. The van der Waals surface area contributed by atoms with Crippen molar-refractivity contribution < 1.29 is 25.2 Å². The summed E-state index contributed by atoms with van der Waals surface area (Å²) in [5, 5.41) is 47.1. The summed E-state index contributed by atoms with van der Waals surface area (Å²) >= 11 is 0. The van der Waals surface area contributed by atoms with Crippen molar-refractivity contribution in [3.05, 3.63) is 52.1 Å². The van der Waals surface area contributed by atoms with E-state index in [1.807, 2.05) is 12.1 Å². The molecule has 3 heterocycles. The van der Waals surface area contributed by atoms with Crippen LogP contribution >= 0.6 is 0 Å². The number of aryl methyl sites for hydroxylation is 1. The van der Waals surface area contributed by atoms with Crippen molar-refractivity contribution in [1.82, 2.24) is 15.2 Å². The standard InChI is InChI=1S/C21H21N3O6/c1-10-14(3-5-17(26)23-10)12-6-11(18-13(7-12)8-22-24-18)2-4-15-19(27)21(29)20(28)16(9-25)30-15/h3,5-8,15-16,19-21,25,27-29H,9H2,1H3,(H,22,24)(H,23,26)/t15-,16-,19-,20-,21-/m1/s1.